The number of nitrogens with zero attached hydrogens (tertiary/aromatic N) is 5. The largest absolute Gasteiger partial charge is 0.481 e. The molecule has 2 N–H and O–H groups in total. The Morgan fingerprint density at radius 2 is 1.74 bits per heavy atom. The maximum absolute atomic E-state index is 10.9. The topological polar surface area (TPSA) is 117 Å². The molecule has 5 rings (SSSR count). The van der Waals surface area contributed by atoms with Crippen LogP contribution in [0.5, 0.6) is 0 Å². The van der Waals surface area contributed by atoms with Crippen molar-refractivity contribution >= 4 is 11.8 Å². The number of anilines is 1. The van der Waals surface area contributed by atoms with Crippen LogP contribution in [0.4, 0.5) is 5.82 Å². The van der Waals surface area contributed by atoms with Crippen molar-refractivity contribution in [2.45, 2.75) is 57.2 Å². The van der Waals surface area contributed by atoms with Gasteiger partial charge in [-0.05, 0) is 68.7 Å². The number of aromatic amines is 1. The summed E-state index contributed by atoms with van der Waals surface area (Å²) in [6.45, 7) is 1.83. The molecule has 2 aliphatic rings. The minimum absolute atomic E-state index is 0.274. The summed E-state index contributed by atoms with van der Waals surface area (Å²) >= 11 is 0. The Balaban J connectivity index is 1.11. The number of ether oxygens (including phenoxy) is 1. The lowest BCUT2D eigenvalue weighted by Gasteiger charge is -2.36. The molecule has 0 amide bonds. The van der Waals surface area contributed by atoms with Crippen LogP contribution in [0.1, 0.15) is 44.9 Å². The van der Waals surface area contributed by atoms with E-state index in [-0.39, 0.29) is 12.2 Å². The molecule has 0 aromatic carbocycles. The average Bonchev–Trinajstić information content (AvgIpc) is 3.37. The van der Waals surface area contributed by atoms with Gasteiger partial charge in [0.15, 0.2) is 11.6 Å². The molecule has 0 radical (unpaired) electrons. The van der Waals surface area contributed by atoms with Crippen LogP contribution in [0.25, 0.3) is 22.9 Å². The van der Waals surface area contributed by atoms with E-state index in [0.717, 1.165) is 68.7 Å². The molecule has 2 fully saturated rings. The molecular weight excluding hydrogens is 432 g/mol. The fourth-order valence-electron chi connectivity index (χ4n) is 4.94. The Hall–Kier alpha value is -3.33. The van der Waals surface area contributed by atoms with Crippen LogP contribution >= 0.6 is 0 Å². The van der Waals surface area contributed by atoms with E-state index in [0.29, 0.717) is 24.0 Å². The smallest absolute Gasteiger partial charge is 0.303 e. The Morgan fingerprint density at radius 1 is 0.971 bits per heavy atom. The van der Waals surface area contributed by atoms with E-state index in [1.807, 2.05) is 36.5 Å². The first-order chi connectivity index (χ1) is 16.6. The molecule has 9 nitrogen and oxygen atoms in total. The summed E-state index contributed by atoms with van der Waals surface area (Å²) in [6, 6.07) is 9.73. The van der Waals surface area contributed by atoms with Crippen molar-refractivity contribution in [2.24, 2.45) is 5.92 Å². The van der Waals surface area contributed by atoms with Crippen LogP contribution in [0, 0.1) is 5.92 Å². The first-order valence-corrected chi connectivity index (χ1v) is 12.1. The minimum atomic E-state index is -0.687. The number of hydrogen-bond acceptors (Lipinski definition) is 7. The minimum Gasteiger partial charge on any atom is -0.481 e. The number of carbonyl (C=O) groups is 1. The van der Waals surface area contributed by atoms with Crippen LogP contribution in [-0.2, 0) is 9.53 Å². The van der Waals surface area contributed by atoms with Crippen LogP contribution in [-0.4, -0.2) is 61.5 Å². The number of aliphatic carboxylic acids is 1. The van der Waals surface area contributed by atoms with Gasteiger partial charge < -0.3 is 19.7 Å². The van der Waals surface area contributed by atoms with Gasteiger partial charge in [0, 0.05) is 37.5 Å². The number of nitrogens with one attached hydrogen (secondary N) is 1. The lowest BCUT2D eigenvalue weighted by Crippen LogP contribution is -2.39. The monoisotopic (exact) mass is 462 g/mol. The van der Waals surface area contributed by atoms with Gasteiger partial charge in [-0.2, -0.15) is 0 Å². The summed E-state index contributed by atoms with van der Waals surface area (Å²) in [7, 11) is 0. The summed E-state index contributed by atoms with van der Waals surface area (Å²) in [5, 5.41) is 17.4. The molecule has 0 bridgehead atoms. The lowest BCUT2D eigenvalue weighted by molar-refractivity contribution is -0.138. The van der Waals surface area contributed by atoms with E-state index in [2.05, 4.69) is 30.0 Å². The van der Waals surface area contributed by atoms with E-state index in [1.165, 1.54) is 0 Å². The van der Waals surface area contributed by atoms with Crippen LogP contribution in [0.3, 0.4) is 0 Å². The van der Waals surface area contributed by atoms with Crippen molar-refractivity contribution in [3.8, 4) is 22.9 Å². The number of pyridine rings is 2. The molecule has 3 aromatic heterocycles. The SMILES string of the molecule is O=C(O)C[C@H]1CC[C@H](OC2CCN(c3ccc(-c4nnc(-c5ccccn5)[nH]4)cn3)CC2)CC1. The predicted octanol–water partition coefficient (Wildman–Crippen LogP) is 3.95. The number of hydrogen-bond donors (Lipinski definition) is 2. The number of rotatable bonds is 7. The maximum atomic E-state index is 10.9. The normalized spacial score (nSPS) is 21.5. The van der Waals surface area contributed by atoms with Crippen molar-refractivity contribution in [1.82, 2.24) is 25.1 Å². The number of H-pyrrole nitrogens is 1. The Bertz CT molecular complexity index is 1070. The third kappa shape index (κ3) is 5.41. The van der Waals surface area contributed by atoms with Gasteiger partial charge >= 0.3 is 5.97 Å². The van der Waals surface area contributed by atoms with E-state index < -0.39 is 5.97 Å². The van der Waals surface area contributed by atoms with Crippen molar-refractivity contribution in [2.75, 3.05) is 18.0 Å². The fourth-order valence-corrected chi connectivity index (χ4v) is 4.94. The average molecular weight is 463 g/mol. The number of carboxylic acids is 1. The molecule has 4 heterocycles. The fraction of sp³-hybridized carbons (Fsp3) is 0.480. The van der Waals surface area contributed by atoms with Gasteiger partial charge in [-0.3, -0.25) is 9.78 Å². The Kier molecular flexibility index (Phi) is 6.80. The maximum Gasteiger partial charge on any atom is 0.303 e. The molecule has 0 unspecified atom stereocenters. The quantitative estimate of drug-likeness (QED) is 0.542. The molecule has 1 aliphatic carbocycles. The highest BCUT2D eigenvalue weighted by molar-refractivity contribution is 5.67. The zero-order valence-electron chi connectivity index (χ0n) is 19.1. The van der Waals surface area contributed by atoms with Crippen molar-refractivity contribution < 1.29 is 14.6 Å². The second-order valence-electron chi connectivity index (χ2n) is 9.21. The first-order valence-electron chi connectivity index (χ1n) is 12.1. The van der Waals surface area contributed by atoms with Gasteiger partial charge in [-0.25, -0.2) is 4.98 Å². The molecule has 34 heavy (non-hydrogen) atoms. The summed E-state index contributed by atoms with van der Waals surface area (Å²) in [6.07, 6.45) is 10.2. The molecule has 1 saturated carbocycles. The molecular formula is C25H30N6O3. The van der Waals surface area contributed by atoms with Gasteiger partial charge in [-0.15, -0.1) is 10.2 Å². The van der Waals surface area contributed by atoms with Gasteiger partial charge in [0.05, 0.1) is 12.2 Å². The molecule has 0 atom stereocenters. The van der Waals surface area contributed by atoms with E-state index >= 15 is 0 Å². The third-order valence-electron chi connectivity index (χ3n) is 6.82. The van der Waals surface area contributed by atoms with Crippen LogP contribution in [0.2, 0.25) is 0 Å². The molecule has 1 saturated heterocycles. The van der Waals surface area contributed by atoms with Gasteiger partial charge in [-0.1, -0.05) is 6.07 Å². The van der Waals surface area contributed by atoms with Crippen LogP contribution in [0.15, 0.2) is 42.7 Å². The summed E-state index contributed by atoms with van der Waals surface area (Å²) in [5.74, 6) is 1.89. The van der Waals surface area contributed by atoms with Crippen molar-refractivity contribution in [1.29, 1.82) is 0 Å². The number of carboxylic acid groups (broad SMARTS) is 1. The second kappa shape index (κ2) is 10.3. The van der Waals surface area contributed by atoms with Crippen molar-refractivity contribution in [3.05, 3.63) is 42.7 Å². The zero-order valence-corrected chi connectivity index (χ0v) is 19.1. The van der Waals surface area contributed by atoms with E-state index in [4.69, 9.17) is 9.84 Å². The highest BCUT2D eigenvalue weighted by Crippen LogP contribution is 2.31. The predicted molar refractivity (Wildman–Crippen MR) is 127 cm³/mol. The second-order valence-corrected chi connectivity index (χ2v) is 9.21. The summed E-state index contributed by atoms with van der Waals surface area (Å²) < 4.78 is 6.37. The molecule has 0 spiro atoms. The molecule has 9 heteroatoms. The summed E-state index contributed by atoms with van der Waals surface area (Å²) in [5.41, 5.74) is 1.64. The molecule has 178 valence electrons. The van der Waals surface area contributed by atoms with Crippen LogP contribution < -0.4 is 4.90 Å². The first kappa shape index (κ1) is 22.5. The Labute approximate surface area is 198 Å². The van der Waals surface area contributed by atoms with Crippen molar-refractivity contribution in [3.63, 3.8) is 0 Å². The Morgan fingerprint density at radius 3 is 2.41 bits per heavy atom. The van der Waals surface area contributed by atoms with Gasteiger partial charge in [0.2, 0.25) is 0 Å². The molecule has 1 aliphatic heterocycles. The lowest BCUT2D eigenvalue weighted by atomic mass is 9.85. The zero-order chi connectivity index (χ0) is 23.3. The van der Waals surface area contributed by atoms with E-state index in [1.54, 1.807) is 6.20 Å². The highest BCUT2D eigenvalue weighted by Gasteiger charge is 2.28. The molecule has 3 aromatic rings. The number of piperidine rings is 1. The highest BCUT2D eigenvalue weighted by atomic mass is 16.5. The van der Waals surface area contributed by atoms with E-state index in [9.17, 15) is 4.79 Å². The third-order valence-corrected chi connectivity index (χ3v) is 6.82. The van der Waals surface area contributed by atoms with Gasteiger partial charge in [0.25, 0.3) is 0 Å². The standard InChI is InChI=1S/C25H30N6O3/c32-23(33)15-17-4-7-19(8-5-17)34-20-10-13-31(14-11-20)22-9-6-18(16-27-22)24-28-25(30-29-24)21-3-1-2-12-26-21/h1-3,6,9,12,16-17,19-20H,4-5,7-8,10-11,13-15H2,(H,32,33)(H,28,29,30)/t17-,19-. The van der Waals surface area contributed by atoms with Gasteiger partial charge in [0.1, 0.15) is 11.5 Å². The number of aromatic nitrogens is 5. The summed E-state index contributed by atoms with van der Waals surface area (Å²) in [4.78, 5) is 25.4.